The molecule has 1 aromatic heterocycles. The molecular formula is C15H24N2. The van der Waals surface area contributed by atoms with Crippen molar-refractivity contribution in [3.8, 4) is 0 Å². The summed E-state index contributed by atoms with van der Waals surface area (Å²) in [5, 5.41) is 3.53. The summed E-state index contributed by atoms with van der Waals surface area (Å²) in [6, 6.07) is 4.16. The maximum Gasteiger partial charge on any atom is 0.0300 e. The van der Waals surface area contributed by atoms with E-state index >= 15 is 0 Å². The van der Waals surface area contributed by atoms with E-state index in [4.69, 9.17) is 0 Å². The van der Waals surface area contributed by atoms with Crippen molar-refractivity contribution in [3.05, 3.63) is 30.1 Å². The van der Waals surface area contributed by atoms with Crippen molar-refractivity contribution >= 4 is 0 Å². The Labute approximate surface area is 105 Å². The van der Waals surface area contributed by atoms with Gasteiger partial charge in [0.25, 0.3) is 0 Å². The molecule has 94 valence electrons. The highest BCUT2D eigenvalue weighted by Gasteiger charge is 2.13. The molecule has 0 aliphatic heterocycles. The van der Waals surface area contributed by atoms with Crippen molar-refractivity contribution in [1.82, 2.24) is 10.3 Å². The van der Waals surface area contributed by atoms with Crippen LogP contribution in [0.1, 0.15) is 44.1 Å². The molecule has 0 bridgehead atoms. The van der Waals surface area contributed by atoms with E-state index in [2.05, 4.69) is 16.4 Å². The summed E-state index contributed by atoms with van der Waals surface area (Å²) in [4.78, 5) is 4.12. The van der Waals surface area contributed by atoms with Crippen molar-refractivity contribution in [3.63, 3.8) is 0 Å². The van der Waals surface area contributed by atoms with Crippen molar-refractivity contribution < 1.29 is 0 Å². The minimum absolute atomic E-state index is 1.04. The number of hydrogen-bond acceptors (Lipinski definition) is 2. The molecule has 0 aromatic carbocycles. The summed E-state index contributed by atoms with van der Waals surface area (Å²) < 4.78 is 0. The molecule has 1 aromatic rings. The lowest BCUT2D eigenvalue weighted by atomic mass is 10.0. The summed E-state index contributed by atoms with van der Waals surface area (Å²) in [5.74, 6) is 1.04. The molecular weight excluding hydrogens is 208 g/mol. The SMILES string of the molecule is c1cncc(CCNCCCC2CCCC2)c1. The Balaban J connectivity index is 1.46. The fourth-order valence-electron chi connectivity index (χ4n) is 2.72. The monoisotopic (exact) mass is 232 g/mol. The van der Waals surface area contributed by atoms with Gasteiger partial charge in [0, 0.05) is 12.4 Å². The van der Waals surface area contributed by atoms with E-state index in [1.54, 1.807) is 0 Å². The Hall–Kier alpha value is -0.890. The highest BCUT2D eigenvalue weighted by atomic mass is 14.8. The normalized spacial score (nSPS) is 16.5. The summed E-state index contributed by atoms with van der Waals surface area (Å²) in [5.41, 5.74) is 1.33. The molecule has 2 heteroatoms. The minimum atomic E-state index is 1.04. The van der Waals surface area contributed by atoms with Crippen LogP contribution in [0.15, 0.2) is 24.5 Å². The molecule has 0 unspecified atom stereocenters. The molecule has 1 fully saturated rings. The number of pyridine rings is 1. The average molecular weight is 232 g/mol. The van der Waals surface area contributed by atoms with E-state index in [-0.39, 0.29) is 0 Å². The first-order valence-corrected chi connectivity index (χ1v) is 7.05. The van der Waals surface area contributed by atoms with Crippen molar-refractivity contribution in [2.75, 3.05) is 13.1 Å². The predicted octanol–water partition coefficient (Wildman–Crippen LogP) is 3.18. The van der Waals surface area contributed by atoms with E-state index in [1.165, 1.54) is 50.6 Å². The molecule has 2 rings (SSSR count). The Kier molecular flexibility index (Phi) is 5.50. The van der Waals surface area contributed by atoms with Crippen LogP contribution in [0.5, 0.6) is 0 Å². The molecule has 17 heavy (non-hydrogen) atoms. The van der Waals surface area contributed by atoms with Crippen molar-refractivity contribution in [1.29, 1.82) is 0 Å². The van der Waals surface area contributed by atoms with Crippen LogP contribution in [0.2, 0.25) is 0 Å². The molecule has 0 spiro atoms. The maximum atomic E-state index is 4.12. The molecule has 1 aliphatic rings. The number of nitrogens with one attached hydrogen (secondary N) is 1. The highest BCUT2D eigenvalue weighted by Crippen LogP contribution is 2.28. The molecule has 1 N–H and O–H groups in total. The number of hydrogen-bond donors (Lipinski definition) is 1. The average Bonchev–Trinajstić information content (AvgIpc) is 2.88. The Bertz CT molecular complexity index is 291. The minimum Gasteiger partial charge on any atom is -0.316 e. The smallest absolute Gasteiger partial charge is 0.0300 e. The molecule has 0 amide bonds. The lowest BCUT2D eigenvalue weighted by Gasteiger charge is -2.09. The van der Waals surface area contributed by atoms with Crippen LogP contribution in [0.25, 0.3) is 0 Å². The third-order valence-corrected chi connectivity index (χ3v) is 3.75. The number of nitrogens with zero attached hydrogens (tertiary/aromatic N) is 1. The van der Waals surface area contributed by atoms with Gasteiger partial charge in [0.2, 0.25) is 0 Å². The largest absolute Gasteiger partial charge is 0.316 e. The second-order valence-electron chi connectivity index (χ2n) is 5.15. The zero-order valence-corrected chi connectivity index (χ0v) is 10.7. The van der Waals surface area contributed by atoms with E-state index < -0.39 is 0 Å². The van der Waals surface area contributed by atoms with Crippen molar-refractivity contribution in [2.24, 2.45) is 5.92 Å². The number of rotatable bonds is 7. The first kappa shape index (κ1) is 12.6. The van der Waals surface area contributed by atoms with Gasteiger partial charge in [0.1, 0.15) is 0 Å². The zero-order chi connectivity index (χ0) is 11.8. The topological polar surface area (TPSA) is 24.9 Å². The van der Waals surface area contributed by atoms with E-state index in [9.17, 15) is 0 Å². The Morgan fingerprint density at radius 3 is 2.88 bits per heavy atom. The van der Waals surface area contributed by atoms with Gasteiger partial charge in [-0.2, -0.15) is 0 Å². The molecule has 2 nitrogen and oxygen atoms in total. The Morgan fingerprint density at radius 1 is 1.24 bits per heavy atom. The third kappa shape index (κ3) is 4.86. The zero-order valence-electron chi connectivity index (χ0n) is 10.7. The van der Waals surface area contributed by atoms with Gasteiger partial charge in [-0.15, -0.1) is 0 Å². The molecule has 1 heterocycles. The molecule has 1 aliphatic carbocycles. The van der Waals surface area contributed by atoms with Crippen LogP contribution in [0.3, 0.4) is 0 Å². The van der Waals surface area contributed by atoms with E-state index in [0.29, 0.717) is 0 Å². The lowest BCUT2D eigenvalue weighted by Crippen LogP contribution is -2.19. The van der Waals surface area contributed by atoms with Gasteiger partial charge in [0.15, 0.2) is 0 Å². The van der Waals surface area contributed by atoms with Gasteiger partial charge in [-0.05, 0) is 49.9 Å². The summed E-state index contributed by atoms with van der Waals surface area (Å²) >= 11 is 0. The second kappa shape index (κ2) is 7.44. The van der Waals surface area contributed by atoms with Gasteiger partial charge in [-0.25, -0.2) is 0 Å². The molecule has 1 saturated carbocycles. The molecule has 0 saturated heterocycles. The quantitative estimate of drug-likeness (QED) is 0.730. The van der Waals surface area contributed by atoms with Gasteiger partial charge in [0.05, 0.1) is 0 Å². The van der Waals surface area contributed by atoms with Crippen LogP contribution >= 0.6 is 0 Å². The first-order valence-electron chi connectivity index (χ1n) is 7.05. The summed E-state index contributed by atoms with van der Waals surface area (Å²) in [7, 11) is 0. The summed E-state index contributed by atoms with van der Waals surface area (Å²) in [6.07, 6.45) is 13.6. The van der Waals surface area contributed by atoms with Gasteiger partial charge in [-0.3, -0.25) is 4.98 Å². The van der Waals surface area contributed by atoms with Crippen LogP contribution in [0, 0.1) is 5.92 Å². The van der Waals surface area contributed by atoms with Crippen molar-refractivity contribution in [2.45, 2.75) is 44.9 Å². The lowest BCUT2D eigenvalue weighted by molar-refractivity contribution is 0.471. The highest BCUT2D eigenvalue weighted by molar-refractivity contribution is 5.08. The predicted molar refractivity (Wildman–Crippen MR) is 72.0 cm³/mol. The van der Waals surface area contributed by atoms with Crippen LogP contribution in [-0.4, -0.2) is 18.1 Å². The second-order valence-corrected chi connectivity index (χ2v) is 5.15. The molecule has 0 atom stereocenters. The molecule has 0 radical (unpaired) electrons. The standard InChI is InChI=1S/C15H24N2/c1-2-6-14(5-1)7-3-10-16-12-9-15-8-4-11-17-13-15/h4,8,11,13-14,16H,1-3,5-7,9-10,12H2. The summed E-state index contributed by atoms with van der Waals surface area (Å²) in [6.45, 7) is 2.26. The van der Waals surface area contributed by atoms with Crippen LogP contribution in [-0.2, 0) is 6.42 Å². The van der Waals surface area contributed by atoms with Crippen LogP contribution in [0.4, 0.5) is 0 Å². The maximum absolute atomic E-state index is 4.12. The van der Waals surface area contributed by atoms with Gasteiger partial charge < -0.3 is 5.32 Å². The fourth-order valence-corrected chi connectivity index (χ4v) is 2.72. The van der Waals surface area contributed by atoms with Crippen LogP contribution < -0.4 is 5.32 Å². The third-order valence-electron chi connectivity index (χ3n) is 3.75. The van der Waals surface area contributed by atoms with E-state index in [1.807, 2.05) is 18.5 Å². The first-order chi connectivity index (χ1) is 8.45. The Morgan fingerprint density at radius 2 is 2.12 bits per heavy atom. The number of aromatic nitrogens is 1. The van der Waals surface area contributed by atoms with Gasteiger partial charge in [-0.1, -0.05) is 31.7 Å². The fraction of sp³-hybridized carbons (Fsp3) is 0.667. The van der Waals surface area contributed by atoms with E-state index in [0.717, 1.165) is 18.9 Å². The van der Waals surface area contributed by atoms with Gasteiger partial charge >= 0.3 is 0 Å².